The van der Waals surface area contributed by atoms with E-state index in [1.54, 1.807) is 36.4 Å². The molecule has 1 aliphatic rings. The number of rotatable bonds is 9. The van der Waals surface area contributed by atoms with Crippen LogP contribution in [-0.4, -0.2) is 44.7 Å². The van der Waals surface area contributed by atoms with Gasteiger partial charge >= 0.3 is 6.03 Å². The molecule has 42 heavy (non-hydrogen) atoms. The Morgan fingerprint density at radius 3 is 2.02 bits per heavy atom. The lowest BCUT2D eigenvalue weighted by atomic mass is 10.0. The molecule has 0 aromatic heterocycles. The fraction of sp³-hybridized carbons (Fsp3) is 0.219. The molecule has 1 fully saturated rings. The second kappa shape index (κ2) is 13.1. The maximum atomic E-state index is 13.4. The standard InChI is InChI=1S/C32H33FN4O4S/c1-42(39,40)35-27-13-17-31(18-14-27)41-30-15-7-24(8-16-30)23-36-21-19-29(20-22-36)37(28-5-3-2-4-6-28)32(38)34-26-11-9-25(33)10-12-26/h2-18,29,35H,19-23H2,1H3,(H,34,38). The Labute approximate surface area is 245 Å². The SMILES string of the molecule is CS(=O)(=O)Nc1ccc(Oc2ccc(CN3CCC(N(C(=O)Nc4ccc(F)cc4)c4ccccc4)CC3)cc2)cc1. The van der Waals surface area contributed by atoms with E-state index >= 15 is 0 Å². The number of nitrogens with zero attached hydrogens (tertiary/aromatic N) is 2. The monoisotopic (exact) mass is 588 g/mol. The fourth-order valence-electron chi connectivity index (χ4n) is 5.00. The number of halogens is 1. The second-order valence-corrected chi connectivity index (χ2v) is 12.0. The van der Waals surface area contributed by atoms with Gasteiger partial charge in [-0.15, -0.1) is 0 Å². The maximum Gasteiger partial charge on any atom is 0.326 e. The predicted octanol–water partition coefficient (Wildman–Crippen LogP) is 6.69. The van der Waals surface area contributed by atoms with Crippen LogP contribution in [-0.2, 0) is 16.6 Å². The number of hydrogen-bond acceptors (Lipinski definition) is 5. The number of hydrogen-bond donors (Lipinski definition) is 2. The quantitative estimate of drug-likeness (QED) is 0.227. The average Bonchev–Trinajstić information content (AvgIpc) is 2.97. The number of likely N-dealkylation sites (tertiary alicyclic amines) is 1. The third kappa shape index (κ3) is 8.08. The van der Waals surface area contributed by atoms with Crippen molar-refractivity contribution in [3.8, 4) is 11.5 Å². The van der Waals surface area contributed by atoms with Crippen LogP contribution in [0, 0.1) is 5.82 Å². The summed E-state index contributed by atoms with van der Waals surface area (Å²) in [6, 6.07) is 29.8. The zero-order chi connectivity index (χ0) is 29.5. The highest BCUT2D eigenvalue weighted by Crippen LogP contribution is 2.27. The molecule has 218 valence electrons. The van der Waals surface area contributed by atoms with Crippen LogP contribution in [0.25, 0.3) is 0 Å². The van der Waals surface area contributed by atoms with Crippen LogP contribution in [0.15, 0.2) is 103 Å². The molecule has 0 radical (unpaired) electrons. The minimum absolute atomic E-state index is 0.0268. The number of anilines is 3. The third-order valence-corrected chi connectivity index (χ3v) is 7.60. The van der Waals surface area contributed by atoms with E-state index in [0.717, 1.165) is 50.0 Å². The van der Waals surface area contributed by atoms with Crippen molar-refractivity contribution in [3.63, 3.8) is 0 Å². The Bertz CT molecular complexity index is 1570. The lowest BCUT2D eigenvalue weighted by molar-refractivity contribution is 0.199. The number of ether oxygens (including phenoxy) is 1. The zero-order valence-electron chi connectivity index (χ0n) is 23.2. The van der Waals surface area contributed by atoms with Crippen LogP contribution in [0.1, 0.15) is 18.4 Å². The number of amides is 2. The molecule has 4 aromatic rings. The van der Waals surface area contributed by atoms with Gasteiger partial charge in [0.05, 0.1) is 6.26 Å². The Morgan fingerprint density at radius 1 is 0.857 bits per heavy atom. The summed E-state index contributed by atoms with van der Waals surface area (Å²) in [6.07, 6.45) is 2.74. The Hall–Kier alpha value is -4.41. The molecule has 5 rings (SSSR count). The van der Waals surface area contributed by atoms with Crippen molar-refractivity contribution in [1.82, 2.24) is 4.90 Å². The highest BCUT2D eigenvalue weighted by molar-refractivity contribution is 7.92. The van der Waals surface area contributed by atoms with Gasteiger partial charge in [0, 0.05) is 42.7 Å². The predicted molar refractivity (Wildman–Crippen MR) is 164 cm³/mol. The zero-order valence-corrected chi connectivity index (χ0v) is 24.1. The van der Waals surface area contributed by atoms with Crippen molar-refractivity contribution in [1.29, 1.82) is 0 Å². The van der Waals surface area contributed by atoms with Gasteiger partial charge in [-0.25, -0.2) is 17.6 Å². The molecule has 0 bridgehead atoms. The first kappa shape index (κ1) is 29.1. The van der Waals surface area contributed by atoms with Crippen LogP contribution in [0.4, 0.5) is 26.2 Å². The van der Waals surface area contributed by atoms with Crippen LogP contribution < -0.4 is 19.7 Å². The number of piperidine rings is 1. The number of carbonyl (C=O) groups excluding carboxylic acids is 1. The minimum atomic E-state index is -3.33. The van der Waals surface area contributed by atoms with Gasteiger partial charge in [0.15, 0.2) is 0 Å². The van der Waals surface area contributed by atoms with Gasteiger partial charge in [0.25, 0.3) is 0 Å². The minimum Gasteiger partial charge on any atom is -0.457 e. The van der Waals surface area contributed by atoms with Crippen LogP contribution in [0.3, 0.4) is 0 Å². The molecule has 1 aliphatic heterocycles. The normalized spacial score (nSPS) is 14.2. The maximum absolute atomic E-state index is 13.4. The molecule has 0 atom stereocenters. The Kier molecular flexibility index (Phi) is 9.04. The molecule has 8 nitrogen and oxygen atoms in total. The Morgan fingerprint density at radius 2 is 1.43 bits per heavy atom. The highest BCUT2D eigenvalue weighted by atomic mass is 32.2. The van der Waals surface area contributed by atoms with Gasteiger partial charge in [0.2, 0.25) is 10.0 Å². The number of benzene rings is 4. The molecule has 0 saturated carbocycles. The van der Waals surface area contributed by atoms with Crippen LogP contribution >= 0.6 is 0 Å². The summed E-state index contributed by atoms with van der Waals surface area (Å²) in [5, 5.41) is 2.92. The van der Waals surface area contributed by atoms with Crippen molar-refractivity contribution in [2.24, 2.45) is 0 Å². The smallest absolute Gasteiger partial charge is 0.326 e. The highest BCUT2D eigenvalue weighted by Gasteiger charge is 2.29. The third-order valence-electron chi connectivity index (χ3n) is 6.99. The van der Waals surface area contributed by atoms with E-state index in [1.165, 1.54) is 12.1 Å². The molecular weight excluding hydrogens is 555 g/mol. The van der Waals surface area contributed by atoms with E-state index in [9.17, 15) is 17.6 Å². The Balaban J connectivity index is 1.16. The van der Waals surface area contributed by atoms with Gasteiger partial charge in [-0.05, 0) is 91.2 Å². The number of sulfonamides is 1. The molecule has 2 N–H and O–H groups in total. The number of carbonyl (C=O) groups is 1. The molecule has 10 heteroatoms. The summed E-state index contributed by atoms with van der Waals surface area (Å²) in [5.74, 6) is 0.945. The van der Waals surface area contributed by atoms with Gasteiger partial charge in [-0.2, -0.15) is 0 Å². The lowest BCUT2D eigenvalue weighted by Gasteiger charge is -2.38. The second-order valence-electron chi connectivity index (χ2n) is 10.3. The first-order valence-corrected chi connectivity index (χ1v) is 15.6. The molecule has 0 aliphatic carbocycles. The summed E-state index contributed by atoms with van der Waals surface area (Å²) in [4.78, 5) is 17.6. The van der Waals surface area contributed by atoms with E-state index in [-0.39, 0.29) is 17.9 Å². The largest absolute Gasteiger partial charge is 0.457 e. The first-order chi connectivity index (χ1) is 20.2. The molecular formula is C32H33FN4O4S. The van der Waals surface area contributed by atoms with Gasteiger partial charge in [-0.1, -0.05) is 30.3 Å². The summed E-state index contributed by atoms with van der Waals surface area (Å²) in [7, 11) is -3.33. The van der Waals surface area contributed by atoms with Gasteiger partial charge in [0.1, 0.15) is 17.3 Å². The van der Waals surface area contributed by atoms with Crippen molar-refractivity contribution in [2.45, 2.75) is 25.4 Å². The van der Waals surface area contributed by atoms with Crippen molar-refractivity contribution >= 4 is 33.1 Å². The molecule has 1 heterocycles. The summed E-state index contributed by atoms with van der Waals surface area (Å²) in [6.45, 7) is 2.46. The first-order valence-electron chi connectivity index (χ1n) is 13.7. The molecule has 2 amide bonds. The fourth-order valence-corrected chi connectivity index (χ4v) is 5.56. The number of nitrogens with one attached hydrogen (secondary N) is 2. The van der Waals surface area contributed by atoms with Crippen molar-refractivity contribution in [3.05, 3.63) is 115 Å². The van der Waals surface area contributed by atoms with Crippen molar-refractivity contribution < 1.29 is 22.3 Å². The number of urea groups is 1. The van der Waals surface area contributed by atoms with Gasteiger partial charge in [-0.3, -0.25) is 14.5 Å². The van der Waals surface area contributed by atoms with E-state index < -0.39 is 10.0 Å². The summed E-state index contributed by atoms with van der Waals surface area (Å²) in [5.41, 5.74) is 3.01. The van der Waals surface area contributed by atoms with Crippen LogP contribution in [0.5, 0.6) is 11.5 Å². The summed E-state index contributed by atoms with van der Waals surface area (Å²) < 4.78 is 44.4. The van der Waals surface area contributed by atoms with E-state index in [0.29, 0.717) is 22.9 Å². The van der Waals surface area contributed by atoms with E-state index in [4.69, 9.17) is 4.74 Å². The average molecular weight is 589 g/mol. The van der Waals surface area contributed by atoms with E-state index in [2.05, 4.69) is 14.9 Å². The van der Waals surface area contributed by atoms with Crippen LogP contribution in [0.2, 0.25) is 0 Å². The number of para-hydroxylation sites is 1. The lowest BCUT2D eigenvalue weighted by Crippen LogP contribution is -2.49. The summed E-state index contributed by atoms with van der Waals surface area (Å²) >= 11 is 0. The van der Waals surface area contributed by atoms with Crippen molar-refractivity contribution in [2.75, 3.05) is 34.3 Å². The topological polar surface area (TPSA) is 91.0 Å². The van der Waals surface area contributed by atoms with E-state index in [1.807, 2.05) is 59.5 Å². The molecule has 1 saturated heterocycles. The van der Waals surface area contributed by atoms with Gasteiger partial charge < -0.3 is 10.1 Å². The molecule has 0 unspecified atom stereocenters. The molecule has 0 spiro atoms. The molecule has 4 aromatic carbocycles.